The number of esters is 1. The third-order valence-electron chi connectivity index (χ3n) is 11.3. The molecule has 13 nitrogen and oxygen atoms in total. The van der Waals surface area contributed by atoms with E-state index < -0.39 is 89.3 Å². The van der Waals surface area contributed by atoms with Crippen LogP contribution in [-0.4, -0.2) is 101 Å². The highest BCUT2D eigenvalue weighted by Crippen LogP contribution is 2.42. The molecule has 0 radical (unpaired) electrons. The normalized spacial score (nSPS) is 27.2. The average molecular weight is 738 g/mol. The number of hydrogen-bond donors (Lipinski definition) is 3. The van der Waals surface area contributed by atoms with Gasteiger partial charge in [-0.3, -0.25) is 28.8 Å². The second-order valence-corrected chi connectivity index (χ2v) is 14.8. The summed E-state index contributed by atoms with van der Waals surface area (Å²) in [6, 6.07) is 1.04. The molecular formula is C39H52FN5O8. The highest BCUT2D eigenvalue weighted by Gasteiger charge is 2.53. The molecule has 1 spiro atoms. The molecule has 0 aromatic heterocycles. The van der Waals surface area contributed by atoms with Crippen molar-refractivity contribution in [1.29, 1.82) is 0 Å². The number of ether oxygens (including phenoxy) is 1. The predicted octanol–water partition coefficient (Wildman–Crippen LogP) is 2.50. The van der Waals surface area contributed by atoms with E-state index >= 15 is 0 Å². The first kappa shape index (κ1) is 39.6. The number of cyclic esters (lactones) is 1. The van der Waals surface area contributed by atoms with E-state index in [9.17, 15) is 38.0 Å². The SMILES string of the molecule is CCCC/C=C/C(=O)N[C@@H](Cc1cccc(F)c1)C(=O)N[C@H]1COC(=O)[C@@H]2CCCN2C(=O)[C@H](C)NC(=O)C2(CCC2)N(C)C(=O)[C@@H]2CCCC2C1=O. The Morgan fingerprint density at radius 2 is 1.81 bits per heavy atom. The molecule has 1 unspecified atom stereocenters. The van der Waals surface area contributed by atoms with Gasteiger partial charge in [-0.2, -0.15) is 0 Å². The summed E-state index contributed by atoms with van der Waals surface area (Å²) < 4.78 is 19.8. The van der Waals surface area contributed by atoms with Crippen LogP contribution in [0.4, 0.5) is 4.39 Å². The smallest absolute Gasteiger partial charge is 0.328 e. The van der Waals surface area contributed by atoms with Gasteiger partial charge in [-0.15, -0.1) is 0 Å². The number of allylic oxidation sites excluding steroid dienone is 1. The van der Waals surface area contributed by atoms with Gasteiger partial charge in [-0.1, -0.05) is 44.4 Å². The Morgan fingerprint density at radius 1 is 1.06 bits per heavy atom. The van der Waals surface area contributed by atoms with Crippen LogP contribution in [0.15, 0.2) is 36.4 Å². The van der Waals surface area contributed by atoms with Crippen molar-refractivity contribution in [3.8, 4) is 0 Å². The standard InChI is InChI=1S/C39H52FN5O8/c1-4-5-6-7-17-32(46)42-29(22-25-12-8-13-26(40)21-25)34(48)43-30-23-53-37(51)31-16-10-20-45(31)35(49)24(2)41-38(52)39(18-11-19-39)44(3)36(50)28-15-9-14-27(28)33(30)47/h7-8,12-13,17,21,24,27-31H,4-6,9-11,14-16,18-20,22-23H2,1-3H3,(H,41,52)(H,42,46)(H,43,48)/b17-7+/t24-,27?,28+,29-,30-,31-/m0/s1. The van der Waals surface area contributed by atoms with Gasteiger partial charge < -0.3 is 30.5 Å². The fraction of sp³-hybridized carbons (Fsp3) is 0.615. The quantitative estimate of drug-likeness (QED) is 0.197. The number of Topliss-reactive ketones (excluding diaryl/α,β-unsaturated/α-hetero) is 1. The molecule has 2 aliphatic carbocycles. The number of carbonyl (C=O) groups is 7. The van der Waals surface area contributed by atoms with Crippen LogP contribution >= 0.6 is 0 Å². The lowest BCUT2D eigenvalue weighted by Gasteiger charge is -2.48. The maximum atomic E-state index is 14.4. The van der Waals surface area contributed by atoms with Crippen LogP contribution in [-0.2, 0) is 44.7 Å². The number of ketones is 1. The van der Waals surface area contributed by atoms with Crippen molar-refractivity contribution >= 4 is 41.3 Å². The van der Waals surface area contributed by atoms with Crippen molar-refractivity contribution < 1.29 is 42.7 Å². The molecule has 5 amide bonds. The summed E-state index contributed by atoms with van der Waals surface area (Å²) in [4.78, 5) is 99.2. The van der Waals surface area contributed by atoms with E-state index in [2.05, 4.69) is 16.0 Å². The highest BCUT2D eigenvalue weighted by molar-refractivity contribution is 6.00. The van der Waals surface area contributed by atoms with Crippen LogP contribution in [0, 0.1) is 17.7 Å². The molecule has 2 saturated heterocycles. The molecule has 2 aliphatic heterocycles. The number of likely N-dealkylation sites (N-methyl/N-ethyl adjacent to an activating group) is 1. The zero-order chi connectivity index (χ0) is 38.3. The molecular weight excluding hydrogens is 685 g/mol. The Bertz CT molecular complexity index is 1610. The van der Waals surface area contributed by atoms with Crippen LogP contribution in [0.25, 0.3) is 0 Å². The second kappa shape index (κ2) is 17.5. The summed E-state index contributed by atoms with van der Waals surface area (Å²) in [7, 11) is 1.56. The lowest BCUT2D eigenvalue weighted by molar-refractivity contribution is -0.160. The summed E-state index contributed by atoms with van der Waals surface area (Å²) >= 11 is 0. The zero-order valence-electron chi connectivity index (χ0n) is 30.9. The lowest BCUT2D eigenvalue weighted by Crippen LogP contribution is -2.66. The molecule has 6 atom stereocenters. The minimum Gasteiger partial charge on any atom is -0.461 e. The second-order valence-electron chi connectivity index (χ2n) is 14.8. The first-order valence-corrected chi connectivity index (χ1v) is 19.0. The van der Waals surface area contributed by atoms with E-state index in [4.69, 9.17) is 4.74 Å². The van der Waals surface area contributed by atoms with Crippen molar-refractivity contribution in [3.63, 3.8) is 0 Å². The van der Waals surface area contributed by atoms with E-state index in [1.165, 1.54) is 34.1 Å². The summed E-state index contributed by atoms with van der Waals surface area (Å²) in [6.07, 6.45) is 9.01. The van der Waals surface area contributed by atoms with Crippen molar-refractivity contribution in [1.82, 2.24) is 25.8 Å². The molecule has 2 saturated carbocycles. The third kappa shape index (κ3) is 8.96. The number of fused-ring (bicyclic) bond motifs is 2. The third-order valence-corrected chi connectivity index (χ3v) is 11.3. The molecule has 288 valence electrons. The van der Waals surface area contributed by atoms with Gasteiger partial charge in [-0.05, 0) is 82.1 Å². The Balaban J connectivity index is 1.45. The van der Waals surface area contributed by atoms with Gasteiger partial charge in [-0.25, -0.2) is 9.18 Å². The monoisotopic (exact) mass is 737 g/mol. The summed E-state index contributed by atoms with van der Waals surface area (Å²) in [6.45, 7) is 3.27. The van der Waals surface area contributed by atoms with E-state index in [0.717, 1.165) is 12.8 Å². The van der Waals surface area contributed by atoms with Crippen LogP contribution in [0.1, 0.15) is 90.0 Å². The topological polar surface area (TPSA) is 171 Å². The Labute approximate surface area is 309 Å². The number of unbranched alkanes of at least 4 members (excludes halogenated alkanes) is 2. The number of hydrogen-bond acceptors (Lipinski definition) is 8. The lowest BCUT2D eigenvalue weighted by atomic mass is 9.73. The minimum absolute atomic E-state index is 0.102. The molecule has 1 aromatic carbocycles. The summed E-state index contributed by atoms with van der Waals surface area (Å²) in [5, 5.41) is 8.17. The molecule has 14 heteroatoms. The summed E-state index contributed by atoms with van der Waals surface area (Å²) in [5.74, 6) is -6.05. The molecule has 4 aliphatic rings. The molecule has 0 bridgehead atoms. The van der Waals surface area contributed by atoms with Gasteiger partial charge in [0.25, 0.3) is 0 Å². The maximum absolute atomic E-state index is 14.4. The Hall–Kier alpha value is -4.62. The molecule has 4 fully saturated rings. The van der Waals surface area contributed by atoms with Gasteiger partial charge in [0.1, 0.15) is 42.1 Å². The fourth-order valence-corrected chi connectivity index (χ4v) is 8.03. The van der Waals surface area contributed by atoms with E-state index in [1.807, 2.05) is 6.92 Å². The molecule has 2 heterocycles. The Morgan fingerprint density at radius 3 is 2.51 bits per heavy atom. The van der Waals surface area contributed by atoms with Gasteiger partial charge in [0.15, 0.2) is 5.78 Å². The van der Waals surface area contributed by atoms with Crippen LogP contribution in [0.5, 0.6) is 0 Å². The minimum atomic E-state index is -1.40. The van der Waals surface area contributed by atoms with Gasteiger partial charge >= 0.3 is 5.97 Å². The van der Waals surface area contributed by atoms with Gasteiger partial charge in [0, 0.05) is 31.8 Å². The first-order chi connectivity index (χ1) is 25.4. The van der Waals surface area contributed by atoms with Crippen molar-refractivity contribution in [3.05, 3.63) is 47.8 Å². The van der Waals surface area contributed by atoms with E-state index in [1.54, 1.807) is 26.1 Å². The number of nitrogens with one attached hydrogen (secondary N) is 3. The number of amides is 5. The first-order valence-electron chi connectivity index (χ1n) is 19.0. The number of rotatable bonds is 9. The molecule has 3 N–H and O–H groups in total. The highest BCUT2D eigenvalue weighted by atomic mass is 19.1. The van der Waals surface area contributed by atoms with Crippen molar-refractivity contribution in [2.75, 3.05) is 20.2 Å². The predicted molar refractivity (Wildman–Crippen MR) is 191 cm³/mol. The number of carbonyl (C=O) groups excluding carboxylic acids is 7. The van der Waals surface area contributed by atoms with Crippen LogP contribution < -0.4 is 16.0 Å². The Kier molecular flexibility index (Phi) is 13.0. The van der Waals surface area contributed by atoms with Crippen molar-refractivity contribution in [2.45, 2.75) is 121 Å². The van der Waals surface area contributed by atoms with Crippen LogP contribution in [0.2, 0.25) is 0 Å². The average Bonchev–Trinajstić information content (AvgIpc) is 3.80. The maximum Gasteiger partial charge on any atom is 0.328 e. The van der Waals surface area contributed by atoms with Crippen molar-refractivity contribution in [2.24, 2.45) is 11.8 Å². The number of benzene rings is 1. The molecule has 5 rings (SSSR count). The number of halogens is 1. The zero-order valence-corrected chi connectivity index (χ0v) is 30.9. The largest absolute Gasteiger partial charge is 0.461 e. The molecule has 53 heavy (non-hydrogen) atoms. The van der Waals surface area contributed by atoms with Gasteiger partial charge in [0.2, 0.25) is 29.5 Å². The molecule has 1 aromatic rings. The van der Waals surface area contributed by atoms with E-state index in [0.29, 0.717) is 63.4 Å². The van der Waals surface area contributed by atoms with Crippen LogP contribution in [0.3, 0.4) is 0 Å². The fourth-order valence-electron chi connectivity index (χ4n) is 8.03. The summed E-state index contributed by atoms with van der Waals surface area (Å²) in [5.41, 5.74) is -0.752. The number of nitrogens with zero attached hydrogens (tertiary/aromatic N) is 2. The van der Waals surface area contributed by atoms with Gasteiger partial charge in [0.05, 0.1) is 0 Å². The van der Waals surface area contributed by atoms with E-state index in [-0.39, 0.29) is 18.9 Å².